The lowest BCUT2D eigenvalue weighted by Gasteiger charge is -2.06. The number of nitrogens with zero attached hydrogens (tertiary/aromatic N) is 2. The van der Waals surface area contributed by atoms with Crippen LogP contribution < -0.4 is 0 Å². The fourth-order valence-corrected chi connectivity index (χ4v) is 1.93. The van der Waals surface area contributed by atoms with Crippen LogP contribution in [0.15, 0.2) is 16.5 Å². The highest BCUT2D eigenvalue weighted by molar-refractivity contribution is 6.27. The monoisotopic (exact) mass is 222 g/mol. The molecule has 2 rings (SSSR count). The van der Waals surface area contributed by atoms with E-state index in [1.54, 1.807) is 0 Å². The molecular formula is C11H11ClN2O. The number of aryl methyl sites for hydroxylation is 3. The average molecular weight is 223 g/mol. The van der Waals surface area contributed by atoms with Gasteiger partial charge >= 0.3 is 5.35 Å². The Balaban J connectivity index is 2.62. The van der Waals surface area contributed by atoms with Crippen LogP contribution in [0.25, 0.3) is 11.5 Å². The first kappa shape index (κ1) is 10.2. The van der Waals surface area contributed by atoms with Crippen molar-refractivity contribution in [3.8, 4) is 11.5 Å². The summed E-state index contributed by atoms with van der Waals surface area (Å²) >= 11 is 5.61. The number of benzene rings is 1. The van der Waals surface area contributed by atoms with Crippen molar-refractivity contribution in [1.82, 2.24) is 10.2 Å². The minimum atomic E-state index is 0.0735. The Morgan fingerprint density at radius 1 is 1.07 bits per heavy atom. The minimum absolute atomic E-state index is 0.0735. The Morgan fingerprint density at radius 3 is 2.13 bits per heavy atom. The topological polar surface area (TPSA) is 38.9 Å². The van der Waals surface area contributed by atoms with Gasteiger partial charge in [0.05, 0.1) is 0 Å². The number of aromatic nitrogens is 2. The van der Waals surface area contributed by atoms with Crippen LogP contribution in [0.3, 0.4) is 0 Å². The van der Waals surface area contributed by atoms with Gasteiger partial charge in [-0.2, -0.15) is 0 Å². The highest BCUT2D eigenvalue weighted by Gasteiger charge is 2.12. The standard InChI is InChI=1S/C11H11ClN2O/c1-6-4-7(2)9(8(3)5-6)10-13-14-11(12)15-10/h4-5H,1-3H3. The SMILES string of the molecule is Cc1cc(C)c(-c2nnc(Cl)o2)c(C)c1. The van der Waals surface area contributed by atoms with E-state index in [2.05, 4.69) is 29.3 Å². The van der Waals surface area contributed by atoms with Crippen LogP contribution >= 0.6 is 11.6 Å². The van der Waals surface area contributed by atoms with E-state index >= 15 is 0 Å². The summed E-state index contributed by atoms with van der Waals surface area (Å²) in [6.45, 7) is 6.10. The van der Waals surface area contributed by atoms with Gasteiger partial charge < -0.3 is 4.42 Å². The molecule has 15 heavy (non-hydrogen) atoms. The quantitative estimate of drug-likeness (QED) is 0.743. The minimum Gasteiger partial charge on any atom is -0.407 e. The van der Waals surface area contributed by atoms with Crippen LogP contribution in [0, 0.1) is 20.8 Å². The molecule has 0 N–H and O–H groups in total. The summed E-state index contributed by atoms with van der Waals surface area (Å²) in [7, 11) is 0. The van der Waals surface area contributed by atoms with Gasteiger partial charge in [-0.15, -0.1) is 5.10 Å². The Kier molecular flexibility index (Phi) is 2.49. The molecule has 2 aromatic rings. The van der Waals surface area contributed by atoms with Gasteiger partial charge in [-0.3, -0.25) is 0 Å². The summed E-state index contributed by atoms with van der Waals surface area (Å²) < 4.78 is 5.21. The normalized spacial score (nSPS) is 10.7. The molecule has 0 aliphatic rings. The third-order valence-electron chi connectivity index (χ3n) is 2.29. The van der Waals surface area contributed by atoms with Crippen molar-refractivity contribution in [3.63, 3.8) is 0 Å². The molecule has 0 fully saturated rings. The van der Waals surface area contributed by atoms with Gasteiger partial charge in [0.15, 0.2) is 0 Å². The zero-order valence-electron chi connectivity index (χ0n) is 8.84. The molecule has 0 aliphatic carbocycles. The van der Waals surface area contributed by atoms with E-state index in [-0.39, 0.29) is 5.35 Å². The summed E-state index contributed by atoms with van der Waals surface area (Å²) in [4.78, 5) is 0. The smallest absolute Gasteiger partial charge is 0.313 e. The van der Waals surface area contributed by atoms with Crippen LogP contribution in [-0.2, 0) is 0 Å². The van der Waals surface area contributed by atoms with Crippen molar-refractivity contribution in [2.75, 3.05) is 0 Å². The lowest BCUT2D eigenvalue weighted by atomic mass is 10.00. The molecular weight excluding hydrogens is 212 g/mol. The Morgan fingerprint density at radius 2 is 1.67 bits per heavy atom. The average Bonchev–Trinajstić information content (AvgIpc) is 2.49. The fourth-order valence-electron chi connectivity index (χ4n) is 1.82. The highest BCUT2D eigenvalue weighted by atomic mass is 35.5. The van der Waals surface area contributed by atoms with Crippen molar-refractivity contribution in [2.45, 2.75) is 20.8 Å². The first-order valence-electron chi connectivity index (χ1n) is 4.65. The molecule has 1 heterocycles. The van der Waals surface area contributed by atoms with Gasteiger partial charge in [-0.25, -0.2) is 0 Å². The van der Waals surface area contributed by atoms with Gasteiger partial charge in [0.25, 0.3) is 0 Å². The van der Waals surface area contributed by atoms with Gasteiger partial charge in [0.1, 0.15) is 0 Å². The van der Waals surface area contributed by atoms with Crippen LogP contribution in [0.5, 0.6) is 0 Å². The first-order valence-corrected chi connectivity index (χ1v) is 5.03. The van der Waals surface area contributed by atoms with Crippen LogP contribution in [0.1, 0.15) is 16.7 Å². The second kappa shape index (κ2) is 3.66. The summed E-state index contributed by atoms with van der Waals surface area (Å²) in [6.07, 6.45) is 0. The van der Waals surface area contributed by atoms with Crippen molar-refractivity contribution in [1.29, 1.82) is 0 Å². The summed E-state index contributed by atoms with van der Waals surface area (Å²) in [5.74, 6) is 0.481. The Hall–Kier alpha value is -1.35. The summed E-state index contributed by atoms with van der Waals surface area (Å²) in [5, 5.41) is 7.61. The molecule has 1 aromatic heterocycles. The lowest BCUT2D eigenvalue weighted by molar-refractivity contribution is 0.570. The Bertz CT molecular complexity index is 482. The number of halogens is 1. The molecule has 0 amide bonds. The molecule has 1 aromatic carbocycles. The molecule has 0 saturated carbocycles. The largest absolute Gasteiger partial charge is 0.407 e. The van der Waals surface area contributed by atoms with E-state index < -0.39 is 0 Å². The molecule has 0 saturated heterocycles. The second-order valence-electron chi connectivity index (χ2n) is 3.63. The van der Waals surface area contributed by atoms with Crippen LogP contribution in [-0.4, -0.2) is 10.2 Å². The third-order valence-corrected chi connectivity index (χ3v) is 2.44. The van der Waals surface area contributed by atoms with E-state index in [1.165, 1.54) is 5.56 Å². The van der Waals surface area contributed by atoms with Gasteiger partial charge in [0, 0.05) is 5.56 Å². The van der Waals surface area contributed by atoms with Gasteiger partial charge in [-0.1, -0.05) is 22.8 Å². The molecule has 0 unspecified atom stereocenters. The zero-order valence-corrected chi connectivity index (χ0v) is 9.59. The van der Waals surface area contributed by atoms with Crippen molar-refractivity contribution in [2.24, 2.45) is 0 Å². The summed E-state index contributed by atoms with van der Waals surface area (Å²) in [6, 6.07) is 4.17. The predicted octanol–water partition coefficient (Wildman–Crippen LogP) is 3.32. The zero-order chi connectivity index (χ0) is 11.0. The Labute approximate surface area is 93.1 Å². The van der Waals surface area contributed by atoms with Crippen molar-refractivity contribution in [3.05, 3.63) is 34.2 Å². The molecule has 0 spiro atoms. The highest BCUT2D eigenvalue weighted by Crippen LogP contribution is 2.27. The maximum Gasteiger partial charge on any atom is 0.313 e. The van der Waals surface area contributed by atoms with E-state index in [4.69, 9.17) is 16.0 Å². The first-order chi connectivity index (χ1) is 7.08. The van der Waals surface area contributed by atoms with Crippen molar-refractivity contribution >= 4 is 11.6 Å². The van der Waals surface area contributed by atoms with E-state index in [0.717, 1.165) is 16.7 Å². The molecule has 4 heteroatoms. The molecule has 78 valence electrons. The van der Waals surface area contributed by atoms with Crippen LogP contribution in [0.4, 0.5) is 0 Å². The van der Waals surface area contributed by atoms with Crippen molar-refractivity contribution < 1.29 is 4.42 Å². The number of hydrogen-bond acceptors (Lipinski definition) is 3. The molecule has 3 nitrogen and oxygen atoms in total. The van der Waals surface area contributed by atoms with E-state index in [1.807, 2.05) is 13.8 Å². The third kappa shape index (κ3) is 1.88. The molecule has 0 aliphatic heterocycles. The lowest BCUT2D eigenvalue weighted by Crippen LogP contribution is -1.90. The van der Waals surface area contributed by atoms with E-state index in [0.29, 0.717) is 5.89 Å². The maximum absolute atomic E-state index is 5.61. The summed E-state index contributed by atoms with van der Waals surface area (Å²) in [5.41, 5.74) is 4.43. The van der Waals surface area contributed by atoms with Gasteiger partial charge in [-0.05, 0) is 43.5 Å². The van der Waals surface area contributed by atoms with E-state index in [9.17, 15) is 0 Å². The molecule has 0 bridgehead atoms. The maximum atomic E-state index is 5.61. The predicted molar refractivity (Wildman–Crippen MR) is 59.0 cm³/mol. The van der Waals surface area contributed by atoms with Crippen LogP contribution in [0.2, 0.25) is 5.35 Å². The number of hydrogen-bond donors (Lipinski definition) is 0. The molecule has 0 atom stereocenters. The second-order valence-corrected chi connectivity index (χ2v) is 3.96. The fraction of sp³-hybridized carbons (Fsp3) is 0.273. The molecule has 0 radical (unpaired) electrons. The van der Waals surface area contributed by atoms with Gasteiger partial charge in [0.2, 0.25) is 5.89 Å². The number of rotatable bonds is 1.